The Bertz CT molecular complexity index is 559. The fourth-order valence-electron chi connectivity index (χ4n) is 2.84. The molecule has 1 aromatic carbocycles. The van der Waals surface area contributed by atoms with Crippen molar-refractivity contribution in [3.8, 4) is 0 Å². The summed E-state index contributed by atoms with van der Waals surface area (Å²) >= 11 is 0. The lowest BCUT2D eigenvalue weighted by Crippen LogP contribution is -2.31. The molecule has 3 rings (SSSR count). The lowest BCUT2D eigenvalue weighted by atomic mass is 10.1. The Labute approximate surface area is 114 Å². The van der Waals surface area contributed by atoms with Crippen molar-refractivity contribution < 1.29 is 0 Å². The third-order valence-electron chi connectivity index (χ3n) is 3.99. The molecule has 1 N–H and O–H groups in total. The van der Waals surface area contributed by atoms with Gasteiger partial charge in [0.25, 0.3) is 0 Å². The second-order valence-electron chi connectivity index (χ2n) is 5.62. The van der Waals surface area contributed by atoms with Gasteiger partial charge in [-0.2, -0.15) is 0 Å². The first-order valence-corrected chi connectivity index (χ1v) is 7.07. The largest absolute Gasteiger partial charge is 0.380 e. The van der Waals surface area contributed by atoms with E-state index in [1.165, 1.54) is 29.4 Å². The minimum atomic E-state index is 0.557. The molecule has 0 radical (unpaired) electrons. The van der Waals surface area contributed by atoms with E-state index in [-0.39, 0.29) is 0 Å². The molecule has 1 fully saturated rings. The Morgan fingerprint density at radius 1 is 1.32 bits per heavy atom. The van der Waals surface area contributed by atoms with Crippen LogP contribution in [0.25, 0.3) is 10.8 Å². The van der Waals surface area contributed by atoms with Gasteiger partial charge in [0.05, 0.1) is 0 Å². The number of likely N-dealkylation sites (tertiary alicyclic amines) is 1. The van der Waals surface area contributed by atoms with Gasteiger partial charge in [0.1, 0.15) is 0 Å². The van der Waals surface area contributed by atoms with Gasteiger partial charge in [0.15, 0.2) is 0 Å². The van der Waals surface area contributed by atoms with Crippen LogP contribution in [0.1, 0.15) is 20.3 Å². The number of pyridine rings is 1. The maximum absolute atomic E-state index is 4.19. The Morgan fingerprint density at radius 3 is 3.00 bits per heavy atom. The second kappa shape index (κ2) is 5.17. The number of fused-ring (bicyclic) bond motifs is 1. The molecule has 0 amide bonds. The van der Waals surface area contributed by atoms with E-state index in [9.17, 15) is 0 Å². The van der Waals surface area contributed by atoms with Crippen LogP contribution < -0.4 is 5.32 Å². The Balaban J connectivity index is 1.79. The third-order valence-corrected chi connectivity index (χ3v) is 3.99. The molecule has 2 heterocycles. The molecular formula is C16H21N3. The normalized spacial score (nSPS) is 20.3. The van der Waals surface area contributed by atoms with Gasteiger partial charge in [-0.3, -0.25) is 9.88 Å². The number of nitrogens with one attached hydrogen (secondary N) is 1. The van der Waals surface area contributed by atoms with E-state index in [1.807, 2.05) is 12.4 Å². The van der Waals surface area contributed by atoms with E-state index in [0.717, 1.165) is 6.54 Å². The van der Waals surface area contributed by atoms with Crippen LogP contribution in [0.3, 0.4) is 0 Å². The monoisotopic (exact) mass is 255 g/mol. The van der Waals surface area contributed by atoms with Crippen molar-refractivity contribution in [2.45, 2.75) is 32.4 Å². The number of hydrogen-bond acceptors (Lipinski definition) is 3. The first kappa shape index (κ1) is 12.4. The van der Waals surface area contributed by atoms with Crippen LogP contribution in [0.5, 0.6) is 0 Å². The van der Waals surface area contributed by atoms with Crippen LogP contribution in [0.2, 0.25) is 0 Å². The molecule has 1 aromatic heterocycles. The lowest BCUT2D eigenvalue weighted by molar-refractivity contribution is 0.274. The second-order valence-corrected chi connectivity index (χ2v) is 5.62. The first-order chi connectivity index (χ1) is 9.24. The standard InChI is InChI=1S/C16H21N3/c1-12(2)19-9-7-14(11-19)18-16-5-3-4-13-10-17-8-6-15(13)16/h3-6,8,10,12,14,18H,7,9,11H2,1-2H3. The van der Waals surface area contributed by atoms with E-state index in [2.05, 4.69) is 53.3 Å². The summed E-state index contributed by atoms with van der Waals surface area (Å²) in [5.41, 5.74) is 1.23. The van der Waals surface area contributed by atoms with Crippen LogP contribution >= 0.6 is 0 Å². The smallest absolute Gasteiger partial charge is 0.0423 e. The number of anilines is 1. The van der Waals surface area contributed by atoms with Crippen LogP contribution in [-0.2, 0) is 0 Å². The zero-order chi connectivity index (χ0) is 13.2. The van der Waals surface area contributed by atoms with Crippen molar-refractivity contribution in [2.75, 3.05) is 18.4 Å². The van der Waals surface area contributed by atoms with Crippen LogP contribution in [0.4, 0.5) is 5.69 Å². The van der Waals surface area contributed by atoms with Gasteiger partial charge in [-0.25, -0.2) is 0 Å². The molecule has 2 aromatic rings. The van der Waals surface area contributed by atoms with Gasteiger partial charge in [-0.15, -0.1) is 0 Å². The Kier molecular flexibility index (Phi) is 3.38. The van der Waals surface area contributed by atoms with Crippen molar-refractivity contribution in [1.29, 1.82) is 0 Å². The highest BCUT2D eigenvalue weighted by Gasteiger charge is 2.24. The van der Waals surface area contributed by atoms with E-state index in [0.29, 0.717) is 12.1 Å². The predicted molar refractivity (Wildman–Crippen MR) is 80.5 cm³/mol. The fourth-order valence-corrected chi connectivity index (χ4v) is 2.84. The van der Waals surface area contributed by atoms with Crippen molar-refractivity contribution in [3.05, 3.63) is 36.7 Å². The molecule has 100 valence electrons. The van der Waals surface area contributed by atoms with Crippen LogP contribution in [-0.4, -0.2) is 35.1 Å². The minimum absolute atomic E-state index is 0.557. The number of aromatic nitrogens is 1. The Hall–Kier alpha value is -1.61. The zero-order valence-electron chi connectivity index (χ0n) is 11.6. The first-order valence-electron chi connectivity index (χ1n) is 7.07. The molecule has 0 aliphatic carbocycles. The molecule has 3 heteroatoms. The molecule has 1 aliphatic heterocycles. The molecule has 0 saturated carbocycles. The zero-order valence-corrected chi connectivity index (χ0v) is 11.6. The molecule has 0 spiro atoms. The maximum atomic E-state index is 4.19. The van der Waals surface area contributed by atoms with Gasteiger partial charge in [-0.1, -0.05) is 12.1 Å². The number of hydrogen-bond donors (Lipinski definition) is 1. The molecule has 1 atom stereocenters. The quantitative estimate of drug-likeness (QED) is 0.913. The third kappa shape index (κ3) is 2.56. The van der Waals surface area contributed by atoms with E-state index < -0.39 is 0 Å². The summed E-state index contributed by atoms with van der Waals surface area (Å²) in [4.78, 5) is 6.72. The van der Waals surface area contributed by atoms with Gasteiger partial charge in [-0.05, 0) is 32.4 Å². The average Bonchev–Trinajstić information content (AvgIpc) is 2.88. The van der Waals surface area contributed by atoms with E-state index in [1.54, 1.807) is 0 Å². The summed E-state index contributed by atoms with van der Waals surface area (Å²) in [6, 6.07) is 9.67. The van der Waals surface area contributed by atoms with Gasteiger partial charge in [0, 0.05) is 54.0 Å². The van der Waals surface area contributed by atoms with Gasteiger partial charge < -0.3 is 5.32 Å². The van der Waals surface area contributed by atoms with Crippen molar-refractivity contribution in [3.63, 3.8) is 0 Å². The van der Waals surface area contributed by atoms with E-state index in [4.69, 9.17) is 0 Å². The van der Waals surface area contributed by atoms with E-state index >= 15 is 0 Å². The Morgan fingerprint density at radius 2 is 2.21 bits per heavy atom. The predicted octanol–water partition coefficient (Wildman–Crippen LogP) is 3.13. The summed E-state index contributed by atoms with van der Waals surface area (Å²) in [7, 11) is 0. The SMILES string of the molecule is CC(C)N1CCC(Nc2cccc3cnccc23)C1. The number of rotatable bonds is 3. The van der Waals surface area contributed by atoms with Gasteiger partial charge >= 0.3 is 0 Å². The van der Waals surface area contributed by atoms with Crippen molar-refractivity contribution in [1.82, 2.24) is 9.88 Å². The van der Waals surface area contributed by atoms with Crippen molar-refractivity contribution in [2.24, 2.45) is 0 Å². The lowest BCUT2D eigenvalue weighted by Gasteiger charge is -2.21. The number of benzene rings is 1. The summed E-state index contributed by atoms with van der Waals surface area (Å²) < 4.78 is 0. The highest BCUT2D eigenvalue weighted by atomic mass is 15.2. The molecule has 1 saturated heterocycles. The summed E-state index contributed by atoms with van der Waals surface area (Å²) in [5, 5.41) is 6.16. The van der Waals surface area contributed by atoms with Crippen molar-refractivity contribution >= 4 is 16.5 Å². The number of nitrogens with zero attached hydrogens (tertiary/aromatic N) is 2. The molecule has 1 aliphatic rings. The molecule has 1 unspecified atom stereocenters. The summed E-state index contributed by atoms with van der Waals surface area (Å²) in [6.07, 6.45) is 5.01. The fraction of sp³-hybridized carbons (Fsp3) is 0.438. The highest BCUT2D eigenvalue weighted by molar-refractivity contribution is 5.93. The van der Waals surface area contributed by atoms with Gasteiger partial charge in [0.2, 0.25) is 0 Å². The maximum Gasteiger partial charge on any atom is 0.0423 e. The topological polar surface area (TPSA) is 28.2 Å². The summed E-state index contributed by atoms with van der Waals surface area (Å²) in [5.74, 6) is 0. The molecule has 0 bridgehead atoms. The van der Waals surface area contributed by atoms with Crippen LogP contribution in [0.15, 0.2) is 36.7 Å². The van der Waals surface area contributed by atoms with Crippen LogP contribution in [0, 0.1) is 0 Å². The average molecular weight is 255 g/mol. The summed E-state index contributed by atoms with van der Waals surface area (Å²) in [6.45, 7) is 6.87. The molecule has 19 heavy (non-hydrogen) atoms. The minimum Gasteiger partial charge on any atom is -0.380 e. The highest BCUT2D eigenvalue weighted by Crippen LogP contribution is 2.25. The molecule has 3 nitrogen and oxygen atoms in total. The molecular weight excluding hydrogens is 234 g/mol.